The fourth-order valence-corrected chi connectivity index (χ4v) is 5.20. The van der Waals surface area contributed by atoms with Crippen LogP contribution < -0.4 is 0 Å². The maximum atomic E-state index is 13.0. The van der Waals surface area contributed by atoms with E-state index >= 15 is 0 Å². The average molecular weight is 319 g/mol. The van der Waals surface area contributed by atoms with Crippen LogP contribution in [0, 0.1) is 16.7 Å². The van der Waals surface area contributed by atoms with E-state index < -0.39 is 0 Å². The standard InChI is InChI=1S/C17H25N3O3/c1-16(2)8-17(10-22-3)9-20(6-13(16)17)15(21)14-11-7-23-5-4-12(11)18-19-14/h13H,4-10H2,1-3H3,(H,18,19)/t13-,17-/m1/s1. The molecule has 1 aromatic rings. The molecular formula is C17H25N3O3. The predicted molar refractivity (Wildman–Crippen MR) is 84.0 cm³/mol. The fraction of sp³-hybridized carbons (Fsp3) is 0.765. The van der Waals surface area contributed by atoms with Gasteiger partial charge in [-0.05, 0) is 17.8 Å². The van der Waals surface area contributed by atoms with Crippen LogP contribution in [0.25, 0.3) is 0 Å². The number of fused-ring (bicyclic) bond motifs is 2. The third-order valence-electron chi connectivity index (χ3n) is 6.02. The molecule has 1 aliphatic carbocycles. The molecule has 0 bridgehead atoms. The molecular weight excluding hydrogens is 294 g/mol. The zero-order valence-corrected chi connectivity index (χ0v) is 14.1. The van der Waals surface area contributed by atoms with Gasteiger partial charge in [-0.2, -0.15) is 5.10 Å². The number of aromatic amines is 1. The molecule has 1 amide bonds. The minimum atomic E-state index is 0.0358. The lowest BCUT2D eigenvalue weighted by Crippen LogP contribution is -2.55. The van der Waals surface area contributed by atoms with Gasteiger partial charge in [0.05, 0.1) is 19.8 Å². The summed E-state index contributed by atoms with van der Waals surface area (Å²) in [6.45, 7) is 8.08. The molecule has 1 aromatic heterocycles. The monoisotopic (exact) mass is 319 g/mol. The van der Waals surface area contributed by atoms with Gasteiger partial charge >= 0.3 is 0 Å². The zero-order valence-electron chi connectivity index (χ0n) is 14.1. The Balaban J connectivity index is 1.57. The van der Waals surface area contributed by atoms with Gasteiger partial charge in [-0.25, -0.2) is 0 Å². The summed E-state index contributed by atoms with van der Waals surface area (Å²) in [7, 11) is 1.75. The third kappa shape index (κ3) is 2.15. The summed E-state index contributed by atoms with van der Waals surface area (Å²) < 4.78 is 11.0. The normalized spacial score (nSPS) is 31.4. The first kappa shape index (κ1) is 15.1. The Kier molecular flexibility index (Phi) is 3.32. The van der Waals surface area contributed by atoms with Crippen LogP contribution in [0.15, 0.2) is 0 Å². The molecule has 0 unspecified atom stereocenters. The SMILES string of the molecule is COC[C@@]12CN(C(=O)c3n[nH]c4c3COCC4)C[C@@H]1C(C)(C)C2. The molecule has 2 aliphatic heterocycles. The summed E-state index contributed by atoms with van der Waals surface area (Å²) in [4.78, 5) is 15.0. The van der Waals surface area contributed by atoms with Crippen LogP contribution in [0.5, 0.6) is 0 Å². The summed E-state index contributed by atoms with van der Waals surface area (Å²) >= 11 is 0. The van der Waals surface area contributed by atoms with Crippen molar-refractivity contribution in [2.24, 2.45) is 16.7 Å². The third-order valence-corrected chi connectivity index (χ3v) is 6.02. The molecule has 1 saturated heterocycles. The minimum absolute atomic E-state index is 0.0358. The number of methoxy groups -OCH3 is 1. The van der Waals surface area contributed by atoms with E-state index in [0.717, 1.165) is 43.8 Å². The summed E-state index contributed by atoms with van der Waals surface area (Å²) in [6, 6.07) is 0. The van der Waals surface area contributed by atoms with Crippen molar-refractivity contribution in [3.05, 3.63) is 17.0 Å². The number of carbonyl (C=O) groups is 1. The highest BCUT2D eigenvalue weighted by Crippen LogP contribution is 2.62. The summed E-state index contributed by atoms with van der Waals surface area (Å²) in [6.07, 6.45) is 1.92. The van der Waals surface area contributed by atoms with E-state index in [2.05, 4.69) is 24.0 Å². The number of likely N-dealkylation sites (tertiary alicyclic amines) is 1. The van der Waals surface area contributed by atoms with Crippen molar-refractivity contribution in [1.82, 2.24) is 15.1 Å². The summed E-state index contributed by atoms with van der Waals surface area (Å²) in [5.74, 6) is 0.540. The molecule has 3 aliphatic rings. The van der Waals surface area contributed by atoms with Crippen molar-refractivity contribution in [2.75, 3.05) is 33.4 Å². The molecule has 23 heavy (non-hydrogen) atoms. The maximum Gasteiger partial charge on any atom is 0.274 e. The van der Waals surface area contributed by atoms with Gasteiger partial charge in [0.25, 0.3) is 5.91 Å². The van der Waals surface area contributed by atoms with E-state index in [1.54, 1.807) is 7.11 Å². The van der Waals surface area contributed by atoms with E-state index in [9.17, 15) is 4.79 Å². The molecule has 3 heterocycles. The van der Waals surface area contributed by atoms with Gasteiger partial charge in [-0.3, -0.25) is 9.89 Å². The lowest BCUT2D eigenvalue weighted by atomic mass is 9.48. The second-order valence-corrected chi connectivity index (χ2v) is 8.03. The number of hydrogen-bond acceptors (Lipinski definition) is 4. The van der Waals surface area contributed by atoms with E-state index in [-0.39, 0.29) is 16.7 Å². The maximum absolute atomic E-state index is 13.0. The Bertz CT molecular complexity index is 639. The Labute approximate surface area is 136 Å². The Hall–Kier alpha value is -1.40. The van der Waals surface area contributed by atoms with Crippen molar-refractivity contribution in [1.29, 1.82) is 0 Å². The van der Waals surface area contributed by atoms with Crippen LogP contribution in [0.4, 0.5) is 0 Å². The Morgan fingerprint density at radius 3 is 3.09 bits per heavy atom. The van der Waals surface area contributed by atoms with Crippen molar-refractivity contribution in [3.63, 3.8) is 0 Å². The number of ether oxygens (including phenoxy) is 2. The summed E-state index contributed by atoms with van der Waals surface area (Å²) in [5, 5.41) is 7.31. The number of H-pyrrole nitrogens is 1. The second-order valence-electron chi connectivity index (χ2n) is 8.03. The fourth-order valence-electron chi connectivity index (χ4n) is 5.20. The van der Waals surface area contributed by atoms with Gasteiger partial charge in [0, 0.05) is 43.3 Å². The smallest absolute Gasteiger partial charge is 0.274 e. The summed E-state index contributed by atoms with van der Waals surface area (Å²) in [5.41, 5.74) is 2.95. The minimum Gasteiger partial charge on any atom is -0.384 e. The molecule has 0 spiro atoms. The highest BCUT2D eigenvalue weighted by atomic mass is 16.5. The number of rotatable bonds is 3. The highest BCUT2D eigenvalue weighted by molar-refractivity contribution is 5.94. The Morgan fingerprint density at radius 2 is 2.35 bits per heavy atom. The molecule has 2 atom stereocenters. The second kappa shape index (κ2) is 5.05. The first-order valence-electron chi connectivity index (χ1n) is 8.39. The van der Waals surface area contributed by atoms with Gasteiger partial charge in [0.15, 0.2) is 5.69 Å². The predicted octanol–water partition coefficient (Wildman–Crippen LogP) is 1.62. The van der Waals surface area contributed by atoms with Crippen molar-refractivity contribution in [2.45, 2.75) is 33.3 Å². The number of nitrogens with zero attached hydrogens (tertiary/aromatic N) is 2. The molecule has 6 nitrogen and oxygen atoms in total. The molecule has 1 N–H and O–H groups in total. The average Bonchev–Trinajstić information content (AvgIpc) is 3.07. The molecule has 1 saturated carbocycles. The highest BCUT2D eigenvalue weighted by Gasteiger charge is 2.63. The van der Waals surface area contributed by atoms with Crippen LogP contribution in [-0.2, 0) is 22.5 Å². The van der Waals surface area contributed by atoms with Gasteiger partial charge in [0.1, 0.15) is 0 Å². The van der Waals surface area contributed by atoms with Crippen molar-refractivity contribution < 1.29 is 14.3 Å². The molecule has 126 valence electrons. The largest absolute Gasteiger partial charge is 0.384 e. The van der Waals surface area contributed by atoms with E-state index in [1.165, 1.54) is 0 Å². The van der Waals surface area contributed by atoms with Crippen LogP contribution in [0.2, 0.25) is 0 Å². The van der Waals surface area contributed by atoms with Crippen molar-refractivity contribution in [3.8, 4) is 0 Å². The van der Waals surface area contributed by atoms with Crippen LogP contribution in [0.1, 0.15) is 42.0 Å². The van der Waals surface area contributed by atoms with E-state index in [4.69, 9.17) is 9.47 Å². The molecule has 6 heteroatoms. The lowest BCUT2D eigenvalue weighted by molar-refractivity contribution is -0.107. The van der Waals surface area contributed by atoms with Crippen LogP contribution >= 0.6 is 0 Å². The molecule has 0 aromatic carbocycles. The Morgan fingerprint density at radius 1 is 1.52 bits per heavy atom. The number of nitrogens with one attached hydrogen (secondary N) is 1. The number of amides is 1. The molecule has 2 fully saturated rings. The van der Waals surface area contributed by atoms with Gasteiger partial charge in [-0.1, -0.05) is 13.8 Å². The van der Waals surface area contributed by atoms with E-state index in [0.29, 0.717) is 24.8 Å². The van der Waals surface area contributed by atoms with Crippen LogP contribution in [-0.4, -0.2) is 54.4 Å². The van der Waals surface area contributed by atoms with Crippen LogP contribution in [0.3, 0.4) is 0 Å². The van der Waals surface area contributed by atoms with Gasteiger partial charge in [0.2, 0.25) is 0 Å². The van der Waals surface area contributed by atoms with Gasteiger partial charge in [-0.15, -0.1) is 0 Å². The number of hydrogen-bond donors (Lipinski definition) is 1. The first-order valence-corrected chi connectivity index (χ1v) is 8.39. The quantitative estimate of drug-likeness (QED) is 0.919. The first-order chi connectivity index (χ1) is 11.0. The van der Waals surface area contributed by atoms with Gasteiger partial charge < -0.3 is 14.4 Å². The molecule has 0 radical (unpaired) electrons. The molecule has 4 rings (SSSR count). The van der Waals surface area contributed by atoms with E-state index in [1.807, 2.05) is 4.90 Å². The number of aromatic nitrogens is 2. The van der Waals surface area contributed by atoms with Crippen molar-refractivity contribution >= 4 is 5.91 Å². The lowest BCUT2D eigenvalue weighted by Gasteiger charge is -2.56. The number of carbonyl (C=O) groups excluding carboxylic acids is 1. The zero-order chi connectivity index (χ0) is 16.2. The topological polar surface area (TPSA) is 67.5 Å².